The molecule has 1 saturated carbocycles. The summed E-state index contributed by atoms with van der Waals surface area (Å²) in [4.78, 5) is 28.2. The van der Waals surface area contributed by atoms with E-state index in [1.165, 1.54) is 19.9 Å². The number of nitrogens with zero attached hydrogens (tertiary/aromatic N) is 1. The van der Waals surface area contributed by atoms with E-state index in [1.54, 1.807) is 18.2 Å². The first-order chi connectivity index (χ1) is 11.8. The number of esters is 1. The molecule has 1 fully saturated rings. The summed E-state index contributed by atoms with van der Waals surface area (Å²) in [5.41, 5.74) is 0.404. The zero-order valence-corrected chi connectivity index (χ0v) is 14.7. The Morgan fingerprint density at radius 1 is 1.28 bits per heavy atom. The number of ether oxygens (including phenoxy) is 1. The van der Waals surface area contributed by atoms with Crippen molar-refractivity contribution < 1.29 is 22.7 Å². The van der Waals surface area contributed by atoms with Gasteiger partial charge in [0.15, 0.2) is 6.10 Å². The van der Waals surface area contributed by atoms with Crippen molar-refractivity contribution in [3.8, 4) is 0 Å². The summed E-state index contributed by atoms with van der Waals surface area (Å²) in [7, 11) is -3.67. The Morgan fingerprint density at radius 2 is 1.96 bits per heavy atom. The van der Waals surface area contributed by atoms with Gasteiger partial charge in [-0.3, -0.25) is 14.5 Å². The highest BCUT2D eigenvalue weighted by Gasteiger charge is 2.32. The van der Waals surface area contributed by atoms with Gasteiger partial charge in [0.1, 0.15) is 11.9 Å². The van der Waals surface area contributed by atoms with Crippen LogP contribution in [0.4, 0.5) is 0 Å². The molecule has 134 valence electrons. The Labute approximate surface area is 145 Å². The predicted molar refractivity (Wildman–Crippen MR) is 89.5 cm³/mol. The molecule has 1 aromatic carbocycles. The van der Waals surface area contributed by atoms with Gasteiger partial charge in [0.05, 0.1) is 4.90 Å². The van der Waals surface area contributed by atoms with Crippen molar-refractivity contribution in [2.24, 2.45) is 4.99 Å². The van der Waals surface area contributed by atoms with Crippen molar-refractivity contribution in [3.05, 3.63) is 29.8 Å². The lowest BCUT2D eigenvalue weighted by atomic mass is 10.2. The molecule has 1 heterocycles. The highest BCUT2D eigenvalue weighted by molar-refractivity contribution is 7.90. The number of nitrogens with one attached hydrogen (secondary N) is 2. The topological polar surface area (TPSA) is 114 Å². The van der Waals surface area contributed by atoms with Crippen molar-refractivity contribution in [1.29, 1.82) is 0 Å². The Balaban J connectivity index is 1.69. The molecule has 0 bridgehead atoms. The maximum absolute atomic E-state index is 12.1. The molecule has 2 atom stereocenters. The zero-order chi connectivity index (χ0) is 18.2. The molecule has 0 spiro atoms. The van der Waals surface area contributed by atoms with E-state index in [4.69, 9.17) is 4.74 Å². The summed E-state index contributed by atoms with van der Waals surface area (Å²) in [6, 6.07) is 5.59. The van der Waals surface area contributed by atoms with E-state index < -0.39 is 28.1 Å². The van der Waals surface area contributed by atoms with E-state index in [0.29, 0.717) is 5.56 Å². The fourth-order valence-corrected chi connectivity index (χ4v) is 3.59. The van der Waals surface area contributed by atoms with Gasteiger partial charge < -0.3 is 10.1 Å². The second kappa shape index (κ2) is 6.47. The smallest absolute Gasteiger partial charge is 0.331 e. The molecular formula is C16H19N3O5S. The molecular weight excluding hydrogens is 346 g/mol. The van der Waals surface area contributed by atoms with Crippen LogP contribution in [0.25, 0.3) is 0 Å². The Kier molecular flexibility index (Phi) is 4.51. The number of aliphatic imine (C=N–C) groups is 1. The SMILES string of the molecule is C[C@H](N=C1NS(=O)(=O)c2ccccc21)C(=O)O[C@H](C)C(=O)NC1CC1. The fraction of sp³-hybridized carbons (Fsp3) is 0.438. The second-order valence-corrected chi connectivity index (χ2v) is 7.77. The molecule has 0 radical (unpaired) electrons. The van der Waals surface area contributed by atoms with Crippen LogP contribution in [0.3, 0.4) is 0 Å². The number of benzene rings is 1. The molecule has 0 saturated heterocycles. The summed E-state index contributed by atoms with van der Waals surface area (Å²) in [6.45, 7) is 2.97. The second-order valence-electron chi connectivity index (χ2n) is 6.12. The number of amidine groups is 1. The van der Waals surface area contributed by atoms with Crippen LogP contribution in [-0.4, -0.2) is 44.3 Å². The lowest BCUT2D eigenvalue weighted by Gasteiger charge is -2.15. The Hall–Kier alpha value is -2.42. The van der Waals surface area contributed by atoms with Crippen molar-refractivity contribution in [3.63, 3.8) is 0 Å². The first-order valence-electron chi connectivity index (χ1n) is 7.99. The number of hydrogen-bond acceptors (Lipinski definition) is 6. The average Bonchev–Trinajstić information content (AvgIpc) is 3.33. The van der Waals surface area contributed by atoms with Crippen LogP contribution in [0.5, 0.6) is 0 Å². The maximum atomic E-state index is 12.1. The van der Waals surface area contributed by atoms with E-state index in [0.717, 1.165) is 12.8 Å². The van der Waals surface area contributed by atoms with Crippen LogP contribution in [-0.2, 0) is 24.3 Å². The number of carbonyl (C=O) groups excluding carboxylic acids is 2. The highest BCUT2D eigenvalue weighted by atomic mass is 32.2. The summed E-state index contributed by atoms with van der Waals surface area (Å²) < 4.78 is 31.5. The number of sulfonamides is 1. The van der Waals surface area contributed by atoms with Crippen molar-refractivity contribution in [2.45, 2.75) is 49.8 Å². The van der Waals surface area contributed by atoms with E-state index in [-0.39, 0.29) is 22.7 Å². The summed E-state index contributed by atoms with van der Waals surface area (Å²) >= 11 is 0. The highest BCUT2D eigenvalue weighted by Crippen LogP contribution is 2.23. The van der Waals surface area contributed by atoms with Gasteiger partial charge >= 0.3 is 5.97 Å². The third-order valence-electron chi connectivity index (χ3n) is 3.91. The minimum absolute atomic E-state index is 0.0927. The van der Waals surface area contributed by atoms with Gasteiger partial charge in [0.2, 0.25) is 0 Å². The Bertz CT molecular complexity index is 845. The lowest BCUT2D eigenvalue weighted by molar-refractivity contribution is -0.155. The molecule has 8 nitrogen and oxygen atoms in total. The molecule has 1 aromatic rings. The van der Waals surface area contributed by atoms with Crippen LogP contribution in [0.2, 0.25) is 0 Å². The predicted octanol–water partition coefficient (Wildman–Crippen LogP) is 0.324. The summed E-state index contributed by atoms with van der Waals surface area (Å²) in [5.74, 6) is -0.952. The number of amides is 1. The summed E-state index contributed by atoms with van der Waals surface area (Å²) in [6.07, 6.45) is 0.953. The summed E-state index contributed by atoms with van der Waals surface area (Å²) in [5, 5.41) is 2.75. The number of carbonyl (C=O) groups is 2. The number of fused-ring (bicyclic) bond motifs is 1. The standard InChI is InChI=1S/C16H19N3O5S/c1-9(16(21)24-10(2)15(20)18-11-7-8-11)17-14-12-5-3-4-6-13(12)25(22,23)19-14/h3-6,9-11H,7-8H2,1-2H3,(H,17,19)(H,18,20)/t9-,10+/m0/s1. The molecule has 0 aromatic heterocycles. The van der Waals surface area contributed by atoms with Gasteiger partial charge in [-0.15, -0.1) is 0 Å². The van der Waals surface area contributed by atoms with Gasteiger partial charge in [0.25, 0.3) is 15.9 Å². The van der Waals surface area contributed by atoms with Crippen molar-refractivity contribution in [2.75, 3.05) is 0 Å². The Morgan fingerprint density at radius 3 is 2.64 bits per heavy atom. The van der Waals surface area contributed by atoms with Crippen LogP contribution < -0.4 is 10.0 Å². The number of rotatable bonds is 5. The van der Waals surface area contributed by atoms with Gasteiger partial charge in [-0.1, -0.05) is 12.1 Å². The largest absolute Gasteiger partial charge is 0.451 e. The van der Waals surface area contributed by atoms with Crippen molar-refractivity contribution in [1.82, 2.24) is 10.0 Å². The zero-order valence-electron chi connectivity index (χ0n) is 13.9. The van der Waals surface area contributed by atoms with Crippen molar-refractivity contribution >= 4 is 27.7 Å². The van der Waals surface area contributed by atoms with Gasteiger partial charge in [0, 0.05) is 11.6 Å². The maximum Gasteiger partial charge on any atom is 0.331 e. The molecule has 1 aliphatic carbocycles. The first-order valence-corrected chi connectivity index (χ1v) is 9.47. The molecule has 9 heteroatoms. The van der Waals surface area contributed by atoms with E-state index in [1.807, 2.05) is 0 Å². The van der Waals surface area contributed by atoms with E-state index in [9.17, 15) is 18.0 Å². The molecule has 3 rings (SSSR count). The van der Waals surface area contributed by atoms with Gasteiger partial charge in [-0.25, -0.2) is 13.2 Å². The van der Waals surface area contributed by atoms with E-state index in [2.05, 4.69) is 15.0 Å². The molecule has 1 amide bonds. The van der Waals surface area contributed by atoms with Crippen LogP contribution in [0.15, 0.2) is 34.2 Å². The molecule has 2 aliphatic rings. The number of hydrogen-bond donors (Lipinski definition) is 2. The normalized spacial score (nSPS) is 21.8. The van der Waals surface area contributed by atoms with E-state index >= 15 is 0 Å². The molecule has 25 heavy (non-hydrogen) atoms. The lowest BCUT2D eigenvalue weighted by Crippen LogP contribution is -2.38. The quantitative estimate of drug-likeness (QED) is 0.730. The monoisotopic (exact) mass is 365 g/mol. The molecule has 0 unspecified atom stereocenters. The average molecular weight is 365 g/mol. The molecule has 2 N–H and O–H groups in total. The molecule has 1 aliphatic heterocycles. The van der Waals surface area contributed by atoms with Crippen LogP contribution in [0.1, 0.15) is 32.3 Å². The van der Waals surface area contributed by atoms with Crippen LogP contribution in [0, 0.1) is 0 Å². The third-order valence-corrected chi connectivity index (χ3v) is 5.31. The first kappa shape index (κ1) is 17.4. The van der Waals surface area contributed by atoms with Crippen LogP contribution >= 0.6 is 0 Å². The third kappa shape index (κ3) is 3.81. The minimum atomic E-state index is -3.67. The minimum Gasteiger partial charge on any atom is -0.451 e. The van der Waals surface area contributed by atoms with Gasteiger partial charge in [-0.2, -0.15) is 0 Å². The fourth-order valence-electron chi connectivity index (χ4n) is 2.35. The van der Waals surface area contributed by atoms with Gasteiger partial charge in [-0.05, 0) is 38.8 Å².